The zero-order chi connectivity index (χ0) is 18.2. The van der Waals surface area contributed by atoms with Crippen molar-refractivity contribution in [3.8, 4) is 11.1 Å². The van der Waals surface area contributed by atoms with Gasteiger partial charge in [0.15, 0.2) is 0 Å². The minimum Gasteiger partial charge on any atom is -0.462 e. The van der Waals surface area contributed by atoms with Gasteiger partial charge in [0.25, 0.3) is 0 Å². The monoisotopic (exact) mass is 378 g/mol. The van der Waals surface area contributed by atoms with Crippen molar-refractivity contribution in [2.75, 3.05) is 30.0 Å². The predicted octanol–water partition coefficient (Wildman–Crippen LogP) is 3.53. The number of ether oxygens (including phenoxy) is 1. The van der Waals surface area contributed by atoms with E-state index in [9.17, 15) is 9.59 Å². The maximum absolute atomic E-state index is 12.5. The van der Waals surface area contributed by atoms with E-state index in [1.54, 1.807) is 6.92 Å². The highest BCUT2D eigenvalue weighted by Crippen LogP contribution is 2.40. The number of nitrogens with two attached hydrogens (primary N) is 1. The van der Waals surface area contributed by atoms with E-state index in [0.29, 0.717) is 22.9 Å². The van der Waals surface area contributed by atoms with Crippen molar-refractivity contribution in [2.24, 2.45) is 5.73 Å². The smallest absolute Gasteiger partial charge is 0.341 e. The van der Waals surface area contributed by atoms with Crippen molar-refractivity contribution in [3.05, 3.63) is 40.8 Å². The van der Waals surface area contributed by atoms with Crippen LogP contribution in [0.3, 0.4) is 0 Å². The lowest BCUT2D eigenvalue weighted by Gasteiger charge is -2.09. The van der Waals surface area contributed by atoms with E-state index < -0.39 is 5.97 Å². The second-order valence-corrected chi connectivity index (χ2v) is 7.54. The molecule has 0 saturated heterocycles. The zero-order valence-electron chi connectivity index (χ0n) is 14.3. The Morgan fingerprint density at radius 2 is 2.00 bits per heavy atom. The normalized spacial score (nSPS) is 10.5. The topological polar surface area (TPSA) is 81.4 Å². The number of benzene rings is 1. The van der Waals surface area contributed by atoms with Gasteiger partial charge in [0.2, 0.25) is 5.91 Å². The highest BCUT2D eigenvalue weighted by atomic mass is 32.2. The van der Waals surface area contributed by atoms with Gasteiger partial charge in [-0.05, 0) is 19.4 Å². The minimum atomic E-state index is -0.421. The van der Waals surface area contributed by atoms with Gasteiger partial charge in [0.1, 0.15) is 10.6 Å². The molecule has 25 heavy (non-hydrogen) atoms. The maximum Gasteiger partial charge on any atom is 0.341 e. The molecule has 0 spiro atoms. The third-order valence-electron chi connectivity index (χ3n) is 3.37. The van der Waals surface area contributed by atoms with Gasteiger partial charge in [0, 0.05) is 22.7 Å². The number of amides is 1. The van der Waals surface area contributed by atoms with Crippen LogP contribution in [0.2, 0.25) is 0 Å². The molecule has 0 atom stereocenters. The number of thioether (sulfide) groups is 1. The van der Waals surface area contributed by atoms with Gasteiger partial charge in [-0.15, -0.1) is 11.3 Å². The van der Waals surface area contributed by atoms with Crippen molar-refractivity contribution in [1.29, 1.82) is 0 Å². The predicted molar refractivity (Wildman–Crippen MR) is 105 cm³/mol. The number of carbonyl (C=O) groups excluding carboxylic acids is 2. The Morgan fingerprint density at radius 1 is 1.28 bits per heavy atom. The van der Waals surface area contributed by atoms with E-state index in [1.165, 1.54) is 23.1 Å². The molecule has 2 rings (SSSR count). The van der Waals surface area contributed by atoms with Crippen molar-refractivity contribution < 1.29 is 14.3 Å². The first kappa shape index (κ1) is 19.5. The number of anilines is 1. The zero-order valence-corrected chi connectivity index (χ0v) is 16.0. The molecule has 0 aliphatic heterocycles. The molecule has 1 aromatic carbocycles. The molecule has 0 fully saturated rings. The fourth-order valence-electron chi connectivity index (χ4n) is 2.39. The van der Waals surface area contributed by atoms with Crippen LogP contribution < -0.4 is 11.1 Å². The molecule has 0 unspecified atom stereocenters. The van der Waals surface area contributed by atoms with E-state index in [4.69, 9.17) is 10.5 Å². The first-order chi connectivity index (χ1) is 12.1. The van der Waals surface area contributed by atoms with Crippen LogP contribution in [0.4, 0.5) is 5.00 Å². The van der Waals surface area contributed by atoms with E-state index >= 15 is 0 Å². The summed E-state index contributed by atoms with van der Waals surface area (Å²) >= 11 is 2.85. The average Bonchev–Trinajstić information content (AvgIpc) is 2.92. The Hall–Kier alpha value is -1.83. The number of nitrogens with one attached hydrogen (secondary N) is 1. The Morgan fingerprint density at radius 3 is 2.64 bits per heavy atom. The third-order valence-corrected chi connectivity index (χ3v) is 5.39. The Bertz CT molecular complexity index is 729. The quantitative estimate of drug-likeness (QED) is 0.542. The van der Waals surface area contributed by atoms with Gasteiger partial charge in [-0.1, -0.05) is 30.3 Å². The van der Waals surface area contributed by atoms with Crippen LogP contribution in [-0.4, -0.2) is 36.5 Å². The molecule has 1 heterocycles. The molecule has 1 aromatic heterocycles. The molecule has 134 valence electrons. The van der Waals surface area contributed by atoms with Crippen LogP contribution in [0.15, 0.2) is 30.3 Å². The Kier molecular flexibility index (Phi) is 7.49. The summed E-state index contributed by atoms with van der Waals surface area (Å²) in [6.07, 6.45) is 0. The first-order valence-electron chi connectivity index (χ1n) is 8.02. The fraction of sp³-hybridized carbons (Fsp3) is 0.333. The van der Waals surface area contributed by atoms with E-state index in [0.717, 1.165) is 21.8 Å². The van der Waals surface area contributed by atoms with Crippen molar-refractivity contribution >= 4 is 40.0 Å². The number of thiophene rings is 1. The molecule has 3 N–H and O–H groups in total. The molecular weight excluding hydrogens is 356 g/mol. The van der Waals surface area contributed by atoms with Crippen LogP contribution in [-0.2, 0) is 9.53 Å². The van der Waals surface area contributed by atoms with Gasteiger partial charge >= 0.3 is 5.97 Å². The second kappa shape index (κ2) is 9.60. The number of hydrogen-bond donors (Lipinski definition) is 2. The molecule has 0 aliphatic carbocycles. The number of carbonyl (C=O) groups is 2. The lowest BCUT2D eigenvalue weighted by atomic mass is 10.0. The highest BCUT2D eigenvalue weighted by Gasteiger charge is 2.25. The summed E-state index contributed by atoms with van der Waals surface area (Å²) in [5.74, 6) is 0.453. The summed E-state index contributed by atoms with van der Waals surface area (Å²) in [6, 6.07) is 9.65. The minimum absolute atomic E-state index is 0.148. The fourth-order valence-corrected chi connectivity index (χ4v) is 4.04. The molecule has 0 aliphatic rings. The van der Waals surface area contributed by atoms with Crippen molar-refractivity contribution in [3.63, 3.8) is 0 Å². The van der Waals surface area contributed by atoms with E-state index in [2.05, 4.69) is 5.32 Å². The standard InChI is InChI=1S/C18H22N2O3S2/c1-3-23-18(22)16-15(13-7-5-4-6-8-13)12(2)25-17(16)20-14(21)11-24-10-9-19/h4-8H,3,9-11,19H2,1-2H3,(H,20,21). The van der Waals surface area contributed by atoms with E-state index in [-0.39, 0.29) is 12.5 Å². The molecule has 2 aromatic rings. The number of hydrogen-bond acceptors (Lipinski definition) is 6. The Labute approximate surface area is 155 Å². The van der Waals surface area contributed by atoms with Crippen LogP contribution in [0.1, 0.15) is 22.2 Å². The molecule has 7 heteroatoms. The highest BCUT2D eigenvalue weighted by molar-refractivity contribution is 7.99. The summed E-state index contributed by atoms with van der Waals surface area (Å²) in [5.41, 5.74) is 7.61. The van der Waals surface area contributed by atoms with Gasteiger partial charge in [0.05, 0.1) is 12.4 Å². The number of rotatable bonds is 8. The summed E-state index contributed by atoms with van der Waals surface area (Å²) in [4.78, 5) is 25.6. The third kappa shape index (κ3) is 5.07. The van der Waals surface area contributed by atoms with Crippen LogP contribution in [0, 0.1) is 6.92 Å². The largest absolute Gasteiger partial charge is 0.462 e. The summed E-state index contributed by atoms with van der Waals surface area (Å²) in [5, 5.41) is 3.39. The number of aryl methyl sites for hydroxylation is 1. The van der Waals surface area contributed by atoms with Gasteiger partial charge in [-0.2, -0.15) is 11.8 Å². The van der Waals surface area contributed by atoms with Crippen LogP contribution in [0.25, 0.3) is 11.1 Å². The SMILES string of the molecule is CCOC(=O)c1c(NC(=O)CSCCN)sc(C)c1-c1ccccc1. The molecule has 0 saturated carbocycles. The molecule has 1 amide bonds. The summed E-state index contributed by atoms with van der Waals surface area (Å²) in [6.45, 7) is 4.51. The lowest BCUT2D eigenvalue weighted by molar-refractivity contribution is -0.113. The summed E-state index contributed by atoms with van der Waals surface area (Å²) in [7, 11) is 0. The van der Waals surface area contributed by atoms with E-state index in [1.807, 2.05) is 37.3 Å². The molecule has 0 radical (unpaired) electrons. The molecule has 5 nitrogen and oxygen atoms in total. The second-order valence-electron chi connectivity index (χ2n) is 5.21. The number of esters is 1. The van der Waals surface area contributed by atoms with Crippen LogP contribution >= 0.6 is 23.1 Å². The summed E-state index contributed by atoms with van der Waals surface area (Å²) < 4.78 is 5.22. The van der Waals surface area contributed by atoms with Crippen molar-refractivity contribution in [2.45, 2.75) is 13.8 Å². The molecule has 0 bridgehead atoms. The first-order valence-corrected chi connectivity index (χ1v) is 9.99. The lowest BCUT2D eigenvalue weighted by Crippen LogP contribution is -2.17. The maximum atomic E-state index is 12.5. The van der Waals surface area contributed by atoms with Crippen LogP contribution in [0.5, 0.6) is 0 Å². The average molecular weight is 379 g/mol. The van der Waals surface area contributed by atoms with Gasteiger partial charge < -0.3 is 15.8 Å². The van der Waals surface area contributed by atoms with Gasteiger partial charge in [-0.25, -0.2) is 4.79 Å². The molecular formula is C18H22N2O3S2. The van der Waals surface area contributed by atoms with Crippen molar-refractivity contribution in [1.82, 2.24) is 0 Å². The van der Waals surface area contributed by atoms with Gasteiger partial charge in [-0.3, -0.25) is 4.79 Å². The Balaban J connectivity index is 2.36.